The summed E-state index contributed by atoms with van der Waals surface area (Å²) in [7, 11) is -1.11. The number of hydrogen-bond donors (Lipinski definition) is 2. The van der Waals surface area contributed by atoms with Crippen molar-refractivity contribution in [2.24, 2.45) is 11.5 Å². The molecule has 2 fully saturated rings. The molecule has 0 aromatic heterocycles. The second-order valence-electron chi connectivity index (χ2n) is 7.16. The Morgan fingerprint density at radius 1 is 0.684 bits per heavy atom. The van der Waals surface area contributed by atoms with Crippen molar-refractivity contribution in [2.75, 3.05) is 0 Å². The molecule has 0 aromatic rings. The van der Waals surface area contributed by atoms with Gasteiger partial charge in [-0.1, -0.05) is 51.6 Å². The molecule has 0 amide bonds. The van der Waals surface area contributed by atoms with E-state index in [1.165, 1.54) is 63.5 Å². The van der Waals surface area contributed by atoms with Crippen molar-refractivity contribution in [3.63, 3.8) is 0 Å². The predicted molar refractivity (Wildman–Crippen MR) is 87.1 cm³/mol. The van der Waals surface area contributed by atoms with Crippen molar-refractivity contribution in [2.45, 2.75) is 100 Å². The van der Waals surface area contributed by atoms with Crippen LogP contribution >= 0.6 is 0 Å². The van der Waals surface area contributed by atoms with Crippen LogP contribution in [0.3, 0.4) is 0 Å². The van der Waals surface area contributed by atoms with Crippen LogP contribution in [0.15, 0.2) is 0 Å². The summed E-state index contributed by atoms with van der Waals surface area (Å²) in [5, 5.41) is 0. The summed E-state index contributed by atoms with van der Waals surface area (Å²) in [5.41, 5.74) is 14.4. The minimum atomic E-state index is -1.11. The first-order valence-electron chi connectivity index (χ1n) is 8.63. The van der Waals surface area contributed by atoms with Crippen molar-refractivity contribution in [1.29, 1.82) is 0 Å². The zero-order valence-corrected chi connectivity index (χ0v) is 14.0. The van der Waals surface area contributed by atoms with Gasteiger partial charge in [-0.25, -0.2) is 0 Å². The first kappa shape index (κ1) is 15.5. The van der Waals surface area contributed by atoms with Crippen LogP contribution in [0.2, 0.25) is 23.2 Å². The van der Waals surface area contributed by atoms with Gasteiger partial charge in [-0.15, -0.1) is 0 Å². The van der Waals surface area contributed by atoms with Crippen LogP contribution in [-0.4, -0.2) is 20.2 Å². The van der Waals surface area contributed by atoms with E-state index in [0.717, 1.165) is 11.1 Å². The zero-order chi connectivity index (χ0) is 13.9. The standard InChI is InChI=1S/C16H34N2Si/c1-3-19(4-2,15-9-5-13(17)6-10-15)16-11-7-14(18)8-12-16/h13-16H,3-12,17-18H2,1-2H3. The fraction of sp³-hybridized carbons (Fsp3) is 1.00. The second-order valence-corrected chi connectivity index (χ2v) is 12.7. The summed E-state index contributed by atoms with van der Waals surface area (Å²) < 4.78 is 0. The van der Waals surface area contributed by atoms with Gasteiger partial charge in [0.2, 0.25) is 0 Å². The smallest absolute Gasteiger partial charge is 0.0592 e. The fourth-order valence-corrected chi connectivity index (χ4v) is 11.6. The van der Waals surface area contributed by atoms with E-state index in [-0.39, 0.29) is 0 Å². The Labute approximate surface area is 120 Å². The van der Waals surface area contributed by atoms with Crippen LogP contribution in [0.4, 0.5) is 0 Å². The maximum atomic E-state index is 6.12. The van der Waals surface area contributed by atoms with Crippen LogP contribution < -0.4 is 11.5 Å². The molecular weight excluding hydrogens is 248 g/mol. The highest BCUT2D eigenvalue weighted by Crippen LogP contribution is 2.51. The molecule has 0 heterocycles. The van der Waals surface area contributed by atoms with Crippen LogP contribution in [0.5, 0.6) is 0 Å². The van der Waals surface area contributed by atoms with Crippen LogP contribution in [0, 0.1) is 0 Å². The molecule has 4 N–H and O–H groups in total. The lowest BCUT2D eigenvalue weighted by Gasteiger charge is -2.48. The van der Waals surface area contributed by atoms with E-state index in [4.69, 9.17) is 11.5 Å². The van der Waals surface area contributed by atoms with Crippen molar-refractivity contribution in [3.8, 4) is 0 Å². The van der Waals surface area contributed by atoms with Gasteiger partial charge in [0, 0.05) is 12.1 Å². The SMILES string of the molecule is CC[Si](CC)(C1CCC(N)CC1)C1CCC(N)CC1. The Hall–Kier alpha value is 0.137. The third-order valence-electron chi connectivity index (χ3n) is 6.49. The van der Waals surface area contributed by atoms with Crippen molar-refractivity contribution in [1.82, 2.24) is 0 Å². The third-order valence-corrected chi connectivity index (χ3v) is 13.5. The van der Waals surface area contributed by atoms with E-state index in [0.29, 0.717) is 12.1 Å². The van der Waals surface area contributed by atoms with Crippen LogP contribution in [0.1, 0.15) is 65.2 Å². The molecular formula is C16H34N2Si. The van der Waals surface area contributed by atoms with Gasteiger partial charge in [-0.05, 0) is 36.8 Å². The monoisotopic (exact) mass is 282 g/mol. The maximum absolute atomic E-state index is 6.12. The van der Waals surface area contributed by atoms with Gasteiger partial charge < -0.3 is 11.5 Å². The largest absolute Gasteiger partial charge is 0.328 e. The molecule has 0 atom stereocenters. The summed E-state index contributed by atoms with van der Waals surface area (Å²) in [6.07, 6.45) is 10.8. The quantitative estimate of drug-likeness (QED) is 0.765. The Morgan fingerprint density at radius 3 is 1.26 bits per heavy atom. The molecule has 2 aliphatic rings. The number of rotatable bonds is 4. The molecule has 0 aromatic carbocycles. The normalized spacial score (nSPS) is 37.3. The van der Waals surface area contributed by atoms with Gasteiger partial charge >= 0.3 is 0 Å². The maximum Gasteiger partial charge on any atom is 0.0592 e. The lowest BCUT2D eigenvalue weighted by Crippen LogP contribution is -2.47. The van der Waals surface area contributed by atoms with E-state index in [2.05, 4.69) is 13.8 Å². The van der Waals surface area contributed by atoms with E-state index in [1.54, 1.807) is 0 Å². The summed E-state index contributed by atoms with van der Waals surface area (Å²) in [6.45, 7) is 4.97. The van der Waals surface area contributed by atoms with Gasteiger partial charge in [0.25, 0.3) is 0 Å². The molecule has 3 heteroatoms. The second kappa shape index (κ2) is 6.73. The highest BCUT2D eigenvalue weighted by atomic mass is 28.3. The summed E-state index contributed by atoms with van der Waals surface area (Å²) in [4.78, 5) is 0. The lowest BCUT2D eigenvalue weighted by molar-refractivity contribution is 0.400. The van der Waals surface area contributed by atoms with E-state index >= 15 is 0 Å². The molecule has 0 spiro atoms. The molecule has 0 radical (unpaired) electrons. The van der Waals surface area contributed by atoms with Gasteiger partial charge in [0.15, 0.2) is 0 Å². The zero-order valence-electron chi connectivity index (χ0n) is 13.0. The average Bonchev–Trinajstić information content (AvgIpc) is 2.44. The molecule has 2 saturated carbocycles. The first-order valence-corrected chi connectivity index (χ1v) is 11.2. The Morgan fingerprint density at radius 2 is 1.00 bits per heavy atom. The minimum Gasteiger partial charge on any atom is -0.328 e. The Balaban J connectivity index is 2.08. The molecule has 0 aliphatic heterocycles. The molecule has 0 unspecified atom stereocenters. The van der Waals surface area contributed by atoms with Crippen LogP contribution in [0.25, 0.3) is 0 Å². The summed E-state index contributed by atoms with van der Waals surface area (Å²) in [5.74, 6) is 0. The van der Waals surface area contributed by atoms with Crippen molar-refractivity contribution < 1.29 is 0 Å². The Bertz CT molecular complexity index is 238. The van der Waals surface area contributed by atoms with Gasteiger partial charge in [0.05, 0.1) is 8.07 Å². The number of hydrogen-bond acceptors (Lipinski definition) is 2. The molecule has 0 bridgehead atoms. The average molecular weight is 283 g/mol. The van der Waals surface area contributed by atoms with E-state index in [1.807, 2.05) is 0 Å². The molecule has 0 saturated heterocycles. The Kier molecular flexibility index (Phi) is 5.50. The molecule has 2 aliphatic carbocycles. The van der Waals surface area contributed by atoms with E-state index in [9.17, 15) is 0 Å². The topological polar surface area (TPSA) is 52.0 Å². The van der Waals surface area contributed by atoms with Gasteiger partial charge in [-0.3, -0.25) is 0 Å². The molecule has 2 nitrogen and oxygen atoms in total. The first-order chi connectivity index (χ1) is 9.12. The lowest BCUT2D eigenvalue weighted by atomic mass is 9.95. The van der Waals surface area contributed by atoms with Gasteiger partial charge in [0.1, 0.15) is 0 Å². The molecule has 112 valence electrons. The fourth-order valence-electron chi connectivity index (χ4n) is 5.13. The van der Waals surface area contributed by atoms with Crippen LogP contribution in [-0.2, 0) is 0 Å². The molecule has 2 rings (SSSR count). The molecule has 19 heavy (non-hydrogen) atoms. The highest BCUT2D eigenvalue weighted by molar-refractivity contribution is 6.82. The predicted octanol–water partition coefficient (Wildman–Crippen LogP) is 4.02. The van der Waals surface area contributed by atoms with E-state index < -0.39 is 8.07 Å². The van der Waals surface area contributed by atoms with Crippen molar-refractivity contribution in [3.05, 3.63) is 0 Å². The summed E-state index contributed by atoms with van der Waals surface area (Å²) >= 11 is 0. The van der Waals surface area contributed by atoms with Crippen molar-refractivity contribution >= 4 is 8.07 Å². The van der Waals surface area contributed by atoms with Gasteiger partial charge in [-0.2, -0.15) is 0 Å². The summed E-state index contributed by atoms with van der Waals surface area (Å²) in [6, 6.07) is 3.97. The number of nitrogens with two attached hydrogens (primary N) is 2. The highest BCUT2D eigenvalue weighted by Gasteiger charge is 2.45. The third kappa shape index (κ3) is 3.25. The minimum absolute atomic E-state index is 0.497.